The van der Waals surface area contributed by atoms with Crippen LogP contribution in [0.25, 0.3) is 0 Å². The second-order valence-electron chi connectivity index (χ2n) is 6.18. The van der Waals surface area contributed by atoms with Crippen LogP contribution in [0.2, 0.25) is 0 Å². The molecule has 8 heteroatoms. The fourth-order valence-electron chi connectivity index (χ4n) is 2.99. The van der Waals surface area contributed by atoms with Gasteiger partial charge in [0.15, 0.2) is 11.5 Å². The summed E-state index contributed by atoms with van der Waals surface area (Å²) in [6.45, 7) is -1.37. The molecule has 6 nitrogen and oxygen atoms in total. The minimum Gasteiger partial charge on any atom is -0.493 e. The summed E-state index contributed by atoms with van der Waals surface area (Å²) < 4.78 is 34.3. The Labute approximate surface area is 154 Å². The van der Waals surface area contributed by atoms with E-state index in [1.165, 1.54) is 25.3 Å². The van der Waals surface area contributed by atoms with Gasteiger partial charge >= 0.3 is 12.6 Å². The minimum absolute atomic E-state index is 0.0294. The highest BCUT2D eigenvalue weighted by Crippen LogP contribution is 2.32. The zero-order chi connectivity index (χ0) is 19.6. The maximum absolute atomic E-state index is 12.9. The van der Waals surface area contributed by atoms with Crippen LogP contribution in [-0.2, 0) is 16.9 Å². The molecule has 3 rings (SSSR count). The van der Waals surface area contributed by atoms with Gasteiger partial charge in [0.1, 0.15) is 5.54 Å². The van der Waals surface area contributed by atoms with E-state index >= 15 is 0 Å². The molecule has 1 N–H and O–H groups in total. The van der Waals surface area contributed by atoms with Crippen molar-refractivity contribution >= 4 is 11.9 Å². The first-order valence-corrected chi connectivity index (χ1v) is 8.16. The maximum atomic E-state index is 12.9. The Morgan fingerprint density at radius 3 is 2.44 bits per heavy atom. The number of benzene rings is 2. The number of carbonyl (C=O) groups excluding carboxylic acids is 2. The van der Waals surface area contributed by atoms with Crippen molar-refractivity contribution in [2.24, 2.45) is 0 Å². The molecule has 0 bridgehead atoms. The third-order valence-electron chi connectivity index (χ3n) is 4.41. The maximum Gasteiger partial charge on any atom is 0.387 e. The fraction of sp³-hybridized carbons (Fsp3) is 0.263. The van der Waals surface area contributed by atoms with E-state index in [4.69, 9.17) is 4.74 Å². The van der Waals surface area contributed by atoms with E-state index in [2.05, 4.69) is 10.1 Å². The molecule has 2 aromatic rings. The van der Waals surface area contributed by atoms with E-state index in [-0.39, 0.29) is 18.0 Å². The lowest BCUT2D eigenvalue weighted by molar-refractivity contribution is -0.131. The van der Waals surface area contributed by atoms with Crippen molar-refractivity contribution in [1.29, 1.82) is 0 Å². The van der Waals surface area contributed by atoms with Crippen molar-refractivity contribution < 1.29 is 27.8 Å². The molecule has 3 amide bonds. The molecule has 27 heavy (non-hydrogen) atoms. The Kier molecular flexibility index (Phi) is 4.98. The van der Waals surface area contributed by atoms with Crippen LogP contribution in [0.3, 0.4) is 0 Å². The normalized spacial score (nSPS) is 19.4. The Morgan fingerprint density at radius 2 is 1.81 bits per heavy atom. The molecular formula is C19H18F2N2O4. The number of methoxy groups -OCH3 is 1. The lowest BCUT2D eigenvalue weighted by Gasteiger charge is -2.22. The highest BCUT2D eigenvalue weighted by molar-refractivity contribution is 6.07. The Morgan fingerprint density at radius 1 is 1.11 bits per heavy atom. The molecule has 0 spiro atoms. The van der Waals surface area contributed by atoms with Gasteiger partial charge in [-0.05, 0) is 30.2 Å². The molecule has 1 saturated heterocycles. The van der Waals surface area contributed by atoms with Gasteiger partial charge in [-0.3, -0.25) is 9.69 Å². The summed E-state index contributed by atoms with van der Waals surface area (Å²) in [6, 6.07) is 12.7. The van der Waals surface area contributed by atoms with Crippen LogP contribution >= 0.6 is 0 Å². The van der Waals surface area contributed by atoms with Crippen LogP contribution in [0, 0.1) is 0 Å². The lowest BCUT2D eigenvalue weighted by atomic mass is 9.92. The third kappa shape index (κ3) is 3.55. The highest BCUT2D eigenvalue weighted by Gasteiger charge is 2.48. The molecule has 0 radical (unpaired) electrons. The number of imide groups is 1. The van der Waals surface area contributed by atoms with Crippen molar-refractivity contribution in [1.82, 2.24) is 10.2 Å². The largest absolute Gasteiger partial charge is 0.493 e. The number of hydrogen-bond acceptors (Lipinski definition) is 4. The number of ether oxygens (including phenoxy) is 2. The van der Waals surface area contributed by atoms with Gasteiger partial charge in [-0.25, -0.2) is 4.79 Å². The molecule has 0 unspecified atom stereocenters. The van der Waals surface area contributed by atoms with Crippen LogP contribution in [0.5, 0.6) is 11.5 Å². The average Bonchev–Trinajstić information content (AvgIpc) is 2.87. The number of amides is 3. The highest BCUT2D eigenvalue weighted by atomic mass is 19.3. The average molecular weight is 376 g/mol. The van der Waals surface area contributed by atoms with Crippen molar-refractivity contribution in [2.75, 3.05) is 7.11 Å². The van der Waals surface area contributed by atoms with Gasteiger partial charge in [0.2, 0.25) is 0 Å². The molecule has 1 aliphatic rings. The predicted molar refractivity (Wildman–Crippen MR) is 92.5 cm³/mol. The number of urea groups is 1. The quantitative estimate of drug-likeness (QED) is 0.786. The second kappa shape index (κ2) is 7.22. The summed E-state index contributed by atoms with van der Waals surface area (Å²) >= 11 is 0. The number of halogens is 2. The number of hydrogen-bond donors (Lipinski definition) is 1. The molecule has 1 fully saturated rings. The molecule has 0 saturated carbocycles. The monoisotopic (exact) mass is 376 g/mol. The first-order chi connectivity index (χ1) is 12.8. The first kappa shape index (κ1) is 18.6. The van der Waals surface area contributed by atoms with Crippen LogP contribution in [0.15, 0.2) is 48.5 Å². The van der Waals surface area contributed by atoms with Crippen molar-refractivity contribution in [3.8, 4) is 11.5 Å². The summed E-state index contributed by atoms with van der Waals surface area (Å²) in [5.74, 6) is -0.432. The van der Waals surface area contributed by atoms with Gasteiger partial charge in [0.05, 0.1) is 13.7 Å². The molecule has 2 aromatic carbocycles. The summed E-state index contributed by atoms with van der Waals surface area (Å²) in [5.41, 5.74) is 0.0413. The van der Waals surface area contributed by atoms with Gasteiger partial charge in [-0.2, -0.15) is 8.78 Å². The van der Waals surface area contributed by atoms with E-state index in [1.54, 1.807) is 31.2 Å². The zero-order valence-corrected chi connectivity index (χ0v) is 14.7. The lowest BCUT2D eigenvalue weighted by Crippen LogP contribution is -2.40. The van der Waals surface area contributed by atoms with E-state index in [0.717, 1.165) is 4.90 Å². The van der Waals surface area contributed by atoms with E-state index in [9.17, 15) is 18.4 Å². The standard InChI is InChI=1S/C19H18F2N2O4/c1-19(13-6-4-3-5-7-13)16(24)23(18(25)22-19)11-12-8-9-14(27-17(20)21)15(10-12)26-2/h3-10,17H,11H2,1-2H3,(H,22,25)/t19-/m0/s1. The van der Waals surface area contributed by atoms with E-state index in [1.807, 2.05) is 6.07 Å². The smallest absolute Gasteiger partial charge is 0.387 e. The van der Waals surface area contributed by atoms with Crippen molar-refractivity contribution in [3.05, 3.63) is 59.7 Å². The van der Waals surface area contributed by atoms with Crippen LogP contribution in [-0.4, -0.2) is 30.6 Å². The molecule has 1 aliphatic heterocycles. The molecule has 0 aromatic heterocycles. The van der Waals surface area contributed by atoms with Crippen LogP contribution < -0.4 is 14.8 Å². The number of alkyl halides is 2. The molecule has 1 heterocycles. The fourth-order valence-corrected chi connectivity index (χ4v) is 2.99. The third-order valence-corrected chi connectivity index (χ3v) is 4.41. The topological polar surface area (TPSA) is 67.9 Å². The van der Waals surface area contributed by atoms with Crippen LogP contribution in [0.1, 0.15) is 18.1 Å². The summed E-state index contributed by atoms with van der Waals surface area (Å²) in [5, 5.41) is 2.72. The number of nitrogens with zero attached hydrogens (tertiary/aromatic N) is 1. The SMILES string of the molecule is COc1cc(CN2C(=O)N[C@@](C)(c3ccccc3)C2=O)ccc1OC(F)F. The molecule has 1 atom stereocenters. The van der Waals surface area contributed by atoms with Crippen LogP contribution in [0.4, 0.5) is 13.6 Å². The number of carbonyl (C=O) groups is 2. The number of rotatable bonds is 6. The van der Waals surface area contributed by atoms with Gasteiger partial charge in [-0.1, -0.05) is 36.4 Å². The van der Waals surface area contributed by atoms with Crippen molar-refractivity contribution in [2.45, 2.75) is 25.6 Å². The van der Waals surface area contributed by atoms with Gasteiger partial charge in [0, 0.05) is 0 Å². The summed E-state index contributed by atoms with van der Waals surface area (Å²) in [4.78, 5) is 26.4. The molecule has 142 valence electrons. The summed E-state index contributed by atoms with van der Waals surface area (Å²) in [7, 11) is 1.32. The first-order valence-electron chi connectivity index (χ1n) is 8.16. The zero-order valence-electron chi connectivity index (χ0n) is 14.7. The minimum atomic E-state index is -2.98. The second-order valence-corrected chi connectivity index (χ2v) is 6.18. The Bertz CT molecular complexity index is 860. The van der Waals surface area contributed by atoms with E-state index < -0.39 is 24.1 Å². The van der Waals surface area contributed by atoms with Gasteiger partial charge in [0.25, 0.3) is 5.91 Å². The van der Waals surface area contributed by atoms with Crippen molar-refractivity contribution in [3.63, 3.8) is 0 Å². The Hall–Kier alpha value is -3.16. The summed E-state index contributed by atoms with van der Waals surface area (Å²) in [6.07, 6.45) is 0. The number of nitrogens with one attached hydrogen (secondary N) is 1. The van der Waals surface area contributed by atoms with E-state index in [0.29, 0.717) is 11.1 Å². The van der Waals surface area contributed by atoms with Gasteiger partial charge < -0.3 is 14.8 Å². The molecule has 0 aliphatic carbocycles. The Balaban J connectivity index is 1.84. The predicted octanol–water partition coefficient (Wildman–Crippen LogP) is 3.26. The molecular weight excluding hydrogens is 358 g/mol. The van der Waals surface area contributed by atoms with Gasteiger partial charge in [-0.15, -0.1) is 0 Å².